The second-order valence-corrected chi connectivity index (χ2v) is 5.91. The van der Waals surface area contributed by atoms with Crippen LogP contribution in [0.2, 0.25) is 0 Å². The highest BCUT2D eigenvalue weighted by molar-refractivity contribution is 6.05. The number of hydrogen-bond acceptors (Lipinski definition) is 4. The molecule has 0 unspecified atom stereocenters. The van der Waals surface area contributed by atoms with Crippen molar-refractivity contribution in [2.24, 2.45) is 5.92 Å². The lowest BCUT2D eigenvalue weighted by Gasteiger charge is -2.14. The molecule has 1 atom stereocenters. The zero-order valence-corrected chi connectivity index (χ0v) is 13.2. The number of hydrogen-bond donors (Lipinski definition) is 2. The number of rotatable bonds is 4. The number of benzene rings is 1. The Hall–Kier alpha value is -3.16. The summed E-state index contributed by atoms with van der Waals surface area (Å²) >= 11 is 0. The van der Waals surface area contributed by atoms with Crippen LogP contribution in [0, 0.1) is 11.7 Å². The van der Waals surface area contributed by atoms with E-state index < -0.39 is 11.7 Å². The van der Waals surface area contributed by atoms with Crippen LogP contribution in [0.25, 0.3) is 10.9 Å². The number of furan rings is 1. The summed E-state index contributed by atoms with van der Waals surface area (Å²) in [5.74, 6) is -0.613. The molecule has 2 N–H and O–H groups in total. The minimum atomic E-state index is -0.513. The van der Waals surface area contributed by atoms with E-state index >= 15 is 0 Å². The molecule has 8 heteroatoms. The van der Waals surface area contributed by atoms with E-state index in [0.717, 1.165) is 0 Å². The quantitative estimate of drug-likeness (QED) is 0.758. The number of nitrogens with zero attached hydrogens (tertiary/aromatic N) is 2. The van der Waals surface area contributed by atoms with Crippen molar-refractivity contribution >= 4 is 28.5 Å². The van der Waals surface area contributed by atoms with Crippen molar-refractivity contribution in [2.75, 3.05) is 11.4 Å². The maximum Gasteiger partial charge on any atom is 0.229 e. The number of aromatic nitrogens is 2. The van der Waals surface area contributed by atoms with E-state index in [0.29, 0.717) is 11.3 Å². The van der Waals surface area contributed by atoms with Gasteiger partial charge in [-0.05, 0) is 24.3 Å². The molecule has 2 amide bonds. The van der Waals surface area contributed by atoms with E-state index in [9.17, 15) is 14.0 Å². The summed E-state index contributed by atoms with van der Waals surface area (Å²) in [6.45, 7) is 0.424. The lowest BCUT2D eigenvalue weighted by Crippen LogP contribution is -2.32. The molecule has 3 heterocycles. The molecule has 1 aliphatic rings. The van der Waals surface area contributed by atoms with Crippen molar-refractivity contribution < 1.29 is 18.4 Å². The summed E-state index contributed by atoms with van der Waals surface area (Å²) in [7, 11) is 0. The minimum Gasteiger partial charge on any atom is -0.467 e. The number of aromatic amines is 1. The fourth-order valence-corrected chi connectivity index (χ4v) is 3.03. The molecule has 25 heavy (non-hydrogen) atoms. The first kappa shape index (κ1) is 15.4. The molecule has 4 rings (SSSR count). The summed E-state index contributed by atoms with van der Waals surface area (Å²) in [5, 5.41) is 9.78. The second kappa shape index (κ2) is 6.04. The average Bonchev–Trinajstić information content (AvgIpc) is 3.32. The van der Waals surface area contributed by atoms with Crippen LogP contribution in [0.15, 0.2) is 41.0 Å². The van der Waals surface area contributed by atoms with Gasteiger partial charge in [0, 0.05) is 13.0 Å². The van der Waals surface area contributed by atoms with Gasteiger partial charge in [-0.15, -0.1) is 0 Å². The fourth-order valence-electron chi connectivity index (χ4n) is 3.03. The number of amides is 2. The van der Waals surface area contributed by atoms with Gasteiger partial charge in [-0.25, -0.2) is 4.39 Å². The van der Waals surface area contributed by atoms with Crippen molar-refractivity contribution in [2.45, 2.75) is 13.0 Å². The van der Waals surface area contributed by atoms with Crippen molar-refractivity contribution in [1.29, 1.82) is 0 Å². The highest BCUT2D eigenvalue weighted by atomic mass is 19.1. The lowest BCUT2D eigenvalue weighted by atomic mass is 10.1. The van der Waals surface area contributed by atoms with Gasteiger partial charge in [-0.3, -0.25) is 19.6 Å². The van der Waals surface area contributed by atoms with Crippen LogP contribution < -0.4 is 10.2 Å². The Balaban J connectivity index is 1.51. The molecular weight excluding hydrogens is 327 g/mol. The van der Waals surface area contributed by atoms with Crippen LogP contribution in [0.4, 0.5) is 10.2 Å². The van der Waals surface area contributed by atoms with Crippen molar-refractivity contribution in [3.8, 4) is 0 Å². The largest absolute Gasteiger partial charge is 0.467 e. The normalized spacial score (nSPS) is 17.4. The van der Waals surface area contributed by atoms with Crippen LogP contribution in [0.5, 0.6) is 0 Å². The van der Waals surface area contributed by atoms with Gasteiger partial charge in [0.2, 0.25) is 11.8 Å². The van der Waals surface area contributed by atoms with E-state index in [4.69, 9.17) is 4.42 Å². The first-order valence-electron chi connectivity index (χ1n) is 7.86. The number of fused-ring (bicyclic) bond motifs is 1. The first-order chi connectivity index (χ1) is 12.1. The Labute approximate surface area is 141 Å². The topological polar surface area (TPSA) is 91.2 Å². The van der Waals surface area contributed by atoms with E-state index in [1.165, 1.54) is 17.2 Å². The number of halogens is 1. The second-order valence-electron chi connectivity index (χ2n) is 5.91. The monoisotopic (exact) mass is 342 g/mol. The standard InChI is InChI=1S/C17H15FN4O3/c18-12-4-1-5-13-15(12)16(21-20-13)22-9-10(7-14(22)23)17(24)19-8-11-3-2-6-25-11/h1-6,10H,7-9H2,(H,19,24)(H,20,21)/t10-/m1/s1. The number of carbonyl (C=O) groups is 2. The zero-order valence-electron chi connectivity index (χ0n) is 13.2. The summed E-state index contributed by atoms with van der Waals surface area (Å²) in [6, 6.07) is 8.05. The third-order valence-electron chi connectivity index (χ3n) is 4.29. The van der Waals surface area contributed by atoms with Gasteiger partial charge < -0.3 is 9.73 Å². The minimum absolute atomic E-state index is 0.0623. The molecule has 7 nitrogen and oxygen atoms in total. The molecular formula is C17H15FN4O3. The van der Waals surface area contributed by atoms with E-state index in [-0.39, 0.29) is 42.5 Å². The van der Waals surface area contributed by atoms with E-state index in [1.807, 2.05) is 0 Å². The number of anilines is 1. The van der Waals surface area contributed by atoms with Crippen LogP contribution in [0.3, 0.4) is 0 Å². The number of H-pyrrole nitrogens is 1. The first-order valence-corrected chi connectivity index (χ1v) is 7.86. The van der Waals surface area contributed by atoms with Crippen LogP contribution in [-0.2, 0) is 16.1 Å². The number of carbonyl (C=O) groups excluding carboxylic acids is 2. The Bertz CT molecular complexity index is 935. The summed E-state index contributed by atoms with van der Waals surface area (Å²) in [6.07, 6.45) is 1.59. The van der Waals surface area contributed by atoms with Crippen molar-refractivity contribution in [3.63, 3.8) is 0 Å². The van der Waals surface area contributed by atoms with Crippen LogP contribution in [-0.4, -0.2) is 28.6 Å². The zero-order chi connectivity index (χ0) is 17.4. The number of nitrogens with one attached hydrogen (secondary N) is 2. The maximum atomic E-state index is 14.1. The van der Waals surface area contributed by atoms with Crippen LogP contribution in [0.1, 0.15) is 12.2 Å². The average molecular weight is 342 g/mol. The highest BCUT2D eigenvalue weighted by Gasteiger charge is 2.37. The van der Waals surface area contributed by atoms with Gasteiger partial charge in [-0.1, -0.05) is 6.07 Å². The Morgan fingerprint density at radius 1 is 1.40 bits per heavy atom. The highest BCUT2D eigenvalue weighted by Crippen LogP contribution is 2.31. The van der Waals surface area contributed by atoms with Gasteiger partial charge in [0.1, 0.15) is 11.6 Å². The van der Waals surface area contributed by atoms with Gasteiger partial charge in [0.25, 0.3) is 0 Å². The summed E-state index contributed by atoms with van der Waals surface area (Å²) < 4.78 is 19.3. The smallest absolute Gasteiger partial charge is 0.229 e. The molecule has 0 bridgehead atoms. The third kappa shape index (κ3) is 2.75. The SMILES string of the molecule is O=C(NCc1ccco1)[C@@H]1CC(=O)N(c2n[nH]c3cccc(F)c23)C1. The summed E-state index contributed by atoms with van der Waals surface area (Å²) in [4.78, 5) is 26.0. The molecule has 1 fully saturated rings. The Morgan fingerprint density at radius 2 is 2.28 bits per heavy atom. The molecule has 0 spiro atoms. The maximum absolute atomic E-state index is 14.1. The van der Waals surface area contributed by atoms with Gasteiger partial charge in [0.05, 0.1) is 29.6 Å². The Kier molecular flexibility index (Phi) is 3.72. The molecule has 2 aromatic heterocycles. The molecule has 1 aromatic carbocycles. The molecule has 0 aliphatic carbocycles. The van der Waals surface area contributed by atoms with Gasteiger partial charge >= 0.3 is 0 Å². The molecule has 3 aromatic rings. The molecule has 1 saturated heterocycles. The predicted molar refractivity (Wildman–Crippen MR) is 87.1 cm³/mol. The predicted octanol–water partition coefficient (Wildman–Crippen LogP) is 1.96. The third-order valence-corrected chi connectivity index (χ3v) is 4.29. The molecule has 0 radical (unpaired) electrons. The molecule has 0 saturated carbocycles. The lowest BCUT2D eigenvalue weighted by molar-refractivity contribution is -0.126. The van der Waals surface area contributed by atoms with Crippen molar-refractivity contribution in [1.82, 2.24) is 15.5 Å². The van der Waals surface area contributed by atoms with Gasteiger partial charge in [0.15, 0.2) is 5.82 Å². The molecule has 1 aliphatic heterocycles. The fraction of sp³-hybridized carbons (Fsp3) is 0.235. The van der Waals surface area contributed by atoms with Gasteiger partial charge in [-0.2, -0.15) is 5.10 Å². The van der Waals surface area contributed by atoms with Crippen molar-refractivity contribution in [3.05, 3.63) is 48.2 Å². The van der Waals surface area contributed by atoms with E-state index in [1.54, 1.807) is 24.3 Å². The van der Waals surface area contributed by atoms with Crippen LogP contribution >= 0.6 is 0 Å². The summed E-state index contributed by atoms with van der Waals surface area (Å²) in [5.41, 5.74) is 0.508. The Morgan fingerprint density at radius 3 is 3.08 bits per heavy atom. The van der Waals surface area contributed by atoms with E-state index in [2.05, 4.69) is 15.5 Å². The molecule has 128 valence electrons.